The first-order chi connectivity index (χ1) is 9.41. The zero-order valence-corrected chi connectivity index (χ0v) is 12.5. The number of anilines is 1. The highest BCUT2D eigenvalue weighted by molar-refractivity contribution is 7.89. The van der Waals surface area contributed by atoms with Gasteiger partial charge in [0.2, 0.25) is 10.0 Å². The van der Waals surface area contributed by atoms with E-state index in [4.69, 9.17) is 5.73 Å². The van der Waals surface area contributed by atoms with Crippen LogP contribution < -0.4 is 5.73 Å². The Kier molecular flexibility index (Phi) is 4.65. The van der Waals surface area contributed by atoms with Crippen LogP contribution in [-0.2, 0) is 10.0 Å². The van der Waals surface area contributed by atoms with E-state index in [1.165, 1.54) is 29.9 Å². The summed E-state index contributed by atoms with van der Waals surface area (Å²) in [6, 6.07) is 3.63. The summed E-state index contributed by atoms with van der Waals surface area (Å²) in [5, 5.41) is 0. The molecule has 0 bridgehead atoms. The molecule has 112 valence electrons. The van der Waals surface area contributed by atoms with Crippen molar-refractivity contribution >= 4 is 15.7 Å². The molecule has 2 N–H and O–H groups in total. The van der Waals surface area contributed by atoms with Crippen LogP contribution in [0.15, 0.2) is 23.1 Å². The zero-order chi connectivity index (χ0) is 14.8. The van der Waals surface area contributed by atoms with Crippen LogP contribution in [0.25, 0.3) is 0 Å². The summed E-state index contributed by atoms with van der Waals surface area (Å²) in [5.41, 5.74) is 5.81. The maximum absolute atomic E-state index is 13.7. The molecule has 2 rings (SSSR count). The van der Waals surface area contributed by atoms with E-state index in [-0.39, 0.29) is 10.6 Å². The van der Waals surface area contributed by atoms with Crippen LogP contribution >= 0.6 is 0 Å². The van der Waals surface area contributed by atoms with E-state index >= 15 is 0 Å². The lowest BCUT2D eigenvalue weighted by Gasteiger charge is -2.26. The van der Waals surface area contributed by atoms with Crippen LogP contribution in [0.5, 0.6) is 0 Å². The molecule has 1 saturated carbocycles. The Morgan fingerprint density at radius 3 is 2.60 bits per heavy atom. The van der Waals surface area contributed by atoms with Crippen molar-refractivity contribution in [2.24, 2.45) is 5.92 Å². The van der Waals surface area contributed by atoms with Crippen molar-refractivity contribution in [2.75, 3.05) is 19.3 Å². The molecule has 1 aromatic carbocycles. The summed E-state index contributed by atoms with van der Waals surface area (Å²) in [6.07, 6.45) is 5.59. The second-order valence-corrected chi connectivity index (χ2v) is 7.49. The smallest absolute Gasteiger partial charge is 0.245 e. The highest BCUT2D eigenvalue weighted by Gasteiger charge is 2.27. The summed E-state index contributed by atoms with van der Waals surface area (Å²) >= 11 is 0. The lowest BCUT2D eigenvalue weighted by atomic mass is 9.89. The molecule has 4 nitrogen and oxygen atoms in total. The highest BCUT2D eigenvalue weighted by atomic mass is 32.2. The average Bonchev–Trinajstić information content (AvgIpc) is 2.42. The number of nitrogens with two attached hydrogens (primary N) is 1. The number of benzene rings is 1. The van der Waals surface area contributed by atoms with Gasteiger partial charge >= 0.3 is 0 Å². The molecule has 1 aliphatic carbocycles. The Morgan fingerprint density at radius 1 is 1.30 bits per heavy atom. The van der Waals surface area contributed by atoms with Crippen LogP contribution in [-0.4, -0.2) is 26.3 Å². The Labute approximate surface area is 119 Å². The molecule has 0 aliphatic heterocycles. The van der Waals surface area contributed by atoms with Gasteiger partial charge in [-0.2, -0.15) is 0 Å². The molecule has 6 heteroatoms. The number of nitrogens with zero attached hydrogens (tertiary/aromatic N) is 1. The van der Waals surface area contributed by atoms with Gasteiger partial charge in [-0.1, -0.05) is 19.3 Å². The van der Waals surface area contributed by atoms with E-state index in [0.29, 0.717) is 12.5 Å². The van der Waals surface area contributed by atoms with Gasteiger partial charge in [0.15, 0.2) is 0 Å². The maximum atomic E-state index is 13.7. The van der Waals surface area contributed by atoms with Crippen molar-refractivity contribution in [3.63, 3.8) is 0 Å². The zero-order valence-electron chi connectivity index (χ0n) is 11.7. The number of halogens is 1. The molecule has 20 heavy (non-hydrogen) atoms. The summed E-state index contributed by atoms with van der Waals surface area (Å²) in [6.45, 7) is 0.441. The summed E-state index contributed by atoms with van der Waals surface area (Å²) in [4.78, 5) is -0.337. The van der Waals surface area contributed by atoms with Gasteiger partial charge in [-0.25, -0.2) is 17.1 Å². The lowest BCUT2D eigenvalue weighted by Crippen LogP contribution is -2.33. The fourth-order valence-corrected chi connectivity index (χ4v) is 4.06. The Hall–Kier alpha value is -1.14. The Morgan fingerprint density at radius 2 is 1.95 bits per heavy atom. The van der Waals surface area contributed by atoms with Crippen molar-refractivity contribution in [3.05, 3.63) is 24.0 Å². The molecule has 0 aromatic heterocycles. The first kappa shape index (κ1) is 15.3. The molecule has 0 amide bonds. The normalized spacial score (nSPS) is 17.6. The van der Waals surface area contributed by atoms with Crippen molar-refractivity contribution in [3.8, 4) is 0 Å². The van der Waals surface area contributed by atoms with Gasteiger partial charge in [-0.05, 0) is 37.0 Å². The van der Waals surface area contributed by atoms with Crippen molar-refractivity contribution < 1.29 is 12.8 Å². The van der Waals surface area contributed by atoms with E-state index in [2.05, 4.69) is 0 Å². The molecular weight excluding hydrogens is 279 g/mol. The molecule has 1 aromatic rings. The third-order valence-electron chi connectivity index (χ3n) is 3.88. The average molecular weight is 300 g/mol. The quantitative estimate of drug-likeness (QED) is 0.869. The summed E-state index contributed by atoms with van der Waals surface area (Å²) < 4.78 is 39.8. The maximum Gasteiger partial charge on any atom is 0.245 e. The van der Waals surface area contributed by atoms with Crippen LogP contribution in [0.2, 0.25) is 0 Å². The molecule has 0 atom stereocenters. The van der Waals surface area contributed by atoms with Crippen LogP contribution in [0.4, 0.5) is 10.1 Å². The fourth-order valence-electron chi connectivity index (χ4n) is 2.72. The molecule has 1 fully saturated rings. The third kappa shape index (κ3) is 3.30. The largest absolute Gasteiger partial charge is 0.399 e. The number of nitrogen functional groups attached to an aromatic ring is 1. The first-order valence-electron chi connectivity index (χ1n) is 6.92. The minimum absolute atomic E-state index is 0.246. The van der Waals surface area contributed by atoms with Gasteiger partial charge in [0.05, 0.1) is 0 Å². The second kappa shape index (κ2) is 6.10. The molecule has 0 unspecified atom stereocenters. The molecule has 0 radical (unpaired) electrons. The molecule has 0 spiro atoms. The van der Waals surface area contributed by atoms with Gasteiger partial charge in [0.25, 0.3) is 0 Å². The monoisotopic (exact) mass is 300 g/mol. The predicted octanol–water partition coefficient (Wildman–Crippen LogP) is 2.61. The minimum atomic E-state index is -3.81. The standard InChI is InChI=1S/C14H21FN2O2S/c1-17(10-11-5-3-2-4-6-11)20(18,19)14-9-12(16)7-8-13(14)15/h7-9,11H,2-6,10,16H2,1H3. The van der Waals surface area contributed by atoms with Gasteiger partial charge < -0.3 is 5.73 Å². The van der Waals surface area contributed by atoms with E-state index in [1.807, 2.05) is 0 Å². The molecule has 0 saturated heterocycles. The van der Waals surface area contributed by atoms with Crippen molar-refractivity contribution in [1.29, 1.82) is 0 Å². The Bertz CT molecular complexity index is 569. The van der Waals surface area contributed by atoms with Gasteiger partial charge in [0.1, 0.15) is 10.7 Å². The fraction of sp³-hybridized carbons (Fsp3) is 0.571. The first-order valence-corrected chi connectivity index (χ1v) is 8.36. The van der Waals surface area contributed by atoms with E-state index < -0.39 is 15.8 Å². The van der Waals surface area contributed by atoms with Crippen LogP contribution in [0.3, 0.4) is 0 Å². The van der Waals surface area contributed by atoms with Gasteiger partial charge in [-0.3, -0.25) is 0 Å². The van der Waals surface area contributed by atoms with Crippen molar-refractivity contribution in [1.82, 2.24) is 4.31 Å². The number of rotatable bonds is 4. The van der Waals surface area contributed by atoms with Crippen molar-refractivity contribution in [2.45, 2.75) is 37.0 Å². The predicted molar refractivity (Wildman–Crippen MR) is 77.2 cm³/mol. The number of hydrogen-bond acceptors (Lipinski definition) is 3. The number of hydrogen-bond donors (Lipinski definition) is 1. The topological polar surface area (TPSA) is 63.4 Å². The van der Waals surface area contributed by atoms with E-state index in [9.17, 15) is 12.8 Å². The summed E-state index contributed by atoms with van der Waals surface area (Å²) in [5.74, 6) is -0.387. The van der Waals surface area contributed by atoms with Gasteiger partial charge in [-0.15, -0.1) is 0 Å². The second-order valence-electron chi connectivity index (χ2n) is 5.48. The molecule has 1 aliphatic rings. The lowest BCUT2D eigenvalue weighted by molar-refractivity contribution is 0.299. The van der Waals surface area contributed by atoms with E-state index in [1.54, 1.807) is 0 Å². The van der Waals surface area contributed by atoms with Gasteiger partial charge in [0, 0.05) is 19.3 Å². The highest BCUT2D eigenvalue weighted by Crippen LogP contribution is 2.27. The minimum Gasteiger partial charge on any atom is -0.399 e. The number of sulfonamides is 1. The third-order valence-corrected chi connectivity index (χ3v) is 5.72. The van der Waals surface area contributed by atoms with Crippen LogP contribution in [0.1, 0.15) is 32.1 Å². The summed E-state index contributed by atoms with van der Waals surface area (Å²) in [7, 11) is -2.31. The molecule has 0 heterocycles. The SMILES string of the molecule is CN(CC1CCCCC1)S(=O)(=O)c1cc(N)ccc1F. The van der Waals surface area contributed by atoms with E-state index in [0.717, 1.165) is 31.7 Å². The molecular formula is C14H21FN2O2S. The Balaban J connectivity index is 2.18. The van der Waals surface area contributed by atoms with Crippen LogP contribution in [0, 0.1) is 11.7 Å².